The highest BCUT2D eigenvalue weighted by atomic mass is 35.5. The number of amides is 2. The standard InChI is InChI=1S/C16H17ClN4O2S/c1-2-13-14(24-19-18-13)16(23)21-9-7-20(8-10-21)15(22)11-3-5-12(17)6-4-11/h3-6H,2,7-10H2,1H3. The summed E-state index contributed by atoms with van der Waals surface area (Å²) in [6, 6.07) is 6.85. The summed E-state index contributed by atoms with van der Waals surface area (Å²) in [5.41, 5.74) is 1.35. The minimum absolute atomic E-state index is 0.0348. The Labute approximate surface area is 149 Å². The van der Waals surface area contributed by atoms with Crippen molar-refractivity contribution in [3.8, 4) is 0 Å². The van der Waals surface area contributed by atoms with Gasteiger partial charge in [-0.3, -0.25) is 9.59 Å². The lowest BCUT2D eigenvalue weighted by Gasteiger charge is -2.34. The average molecular weight is 365 g/mol. The summed E-state index contributed by atoms with van der Waals surface area (Å²) in [5.74, 6) is -0.0760. The van der Waals surface area contributed by atoms with Crippen LogP contribution in [0.5, 0.6) is 0 Å². The highest BCUT2D eigenvalue weighted by Crippen LogP contribution is 2.17. The normalized spacial score (nSPS) is 14.8. The highest BCUT2D eigenvalue weighted by Gasteiger charge is 2.27. The van der Waals surface area contributed by atoms with Crippen LogP contribution in [0.4, 0.5) is 0 Å². The van der Waals surface area contributed by atoms with Crippen molar-refractivity contribution < 1.29 is 9.59 Å². The maximum Gasteiger partial charge on any atom is 0.267 e. The summed E-state index contributed by atoms with van der Waals surface area (Å²) < 4.78 is 3.87. The quantitative estimate of drug-likeness (QED) is 0.838. The second-order valence-corrected chi connectivity index (χ2v) is 6.68. The summed E-state index contributed by atoms with van der Waals surface area (Å²) in [7, 11) is 0. The van der Waals surface area contributed by atoms with Crippen LogP contribution in [-0.2, 0) is 6.42 Å². The topological polar surface area (TPSA) is 66.4 Å². The Morgan fingerprint density at radius 1 is 1.08 bits per heavy atom. The van der Waals surface area contributed by atoms with E-state index in [1.807, 2.05) is 6.92 Å². The molecule has 1 aromatic heterocycles. The predicted molar refractivity (Wildman–Crippen MR) is 92.5 cm³/mol. The largest absolute Gasteiger partial charge is 0.335 e. The van der Waals surface area contributed by atoms with Gasteiger partial charge in [-0.1, -0.05) is 23.0 Å². The molecule has 0 N–H and O–H groups in total. The van der Waals surface area contributed by atoms with Crippen LogP contribution in [0, 0.1) is 0 Å². The molecule has 3 rings (SSSR count). The van der Waals surface area contributed by atoms with Crippen LogP contribution in [0.15, 0.2) is 24.3 Å². The van der Waals surface area contributed by atoms with E-state index in [0.29, 0.717) is 48.1 Å². The molecule has 1 fully saturated rings. The predicted octanol–water partition coefficient (Wildman–Crippen LogP) is 2.35. The van der Waals surface area contributed by atoms with Crippen molar-refractivity contribution in [3.63, 3.8) is 0 Å². The Kier molecular flexibility index (Phi) is 5.11. The first-order valence-electron chi connectivity index (χ1n) is 7.75. The molecule has 0 saturated carbocycles. The third-order valence-electron chi connectivity index (χ3n) is 4.03. The van der Waals surface area contributed by atoms with Crippen molar-refractivity contribution in [3.05, 3.63) is 45.4 Å². The molecule has 2 heterocycles. The second-order valence-electron chi connectivity index (χ2n) is 5.49. The maximum absolute atomic E-state index is 12.6. The number of carbonyl (C=O) groups excluding carboxylic acids is 2. The first-order chi connectivity index (χ1) is 11.6. The number of aryl methyl sites for hydroxylation is 1. The summed E-state index contributed by atoms with van der Waals surface area (Å²) >= 11 is 6.99. The van der Waals surface area contributed by atoms with E-state index in [2.05, 4.69) is 9.59 Å². The van der Waals surface area contributed by atoms with Gasteiger partial charge in [0, 0.05) is 36.8 Å². The third kappa shape index (κ3) is 3.42. The molecule has 2 amide bonds. The molecule has 24 heavy (non-hydrogen) atoms. The molecule has 0 aliphatic carbocycles. The lowest BCUT2D eigenvalue weighted by atomic mass is 10.1. The fourth-order valence-corrected chi connectivity index (χ4v) is 3.48. The third-order valence-corrected chi connectivity index (χ3v) is 5.04. The van der Waals surface area contributed by atoms with Crippen LogP contribution in [0.2, 0.25) is 5.02 Å². The first-order valence-corrected chi connectivity index (χ1v) is 8.90. The number of piperazine rings is 1. The maximum atomic E-state index is 12.6. The van der Waals surface area contributed by atoms with Crippen molar-refractivity contribution in [2.45, 2.75) is 13.3 Å². The molecule has 1 aromatic carbocycles. The molecule has 8 heteroatoms. The van der Waals surface area contributed by atoms with E-state index in [0.717, 1.165) is 17.2 Å². The monoisotopic (exact) mass is 364 g/mol. The number of rotatable bonds is 3. The van der Waals surface area contributed by atoms with Crippen molar-refractivity contribution in [2.75, 3.05) is 26.2 Å². The minimum atomic E-state index is -0.0413. The molecule has 2 aromatic rings. The molecule has 1 saturated heterocycles. The molecule has 0 atom stereocenters. The van der Waals surface area contributed by atoms with Crippen LogP contribution in [-0.4, -0.2) is 57.4 Å². The van der Waals surface area contributed by atoms with Gasteiger partial charge in [0.15, 0.2) is 0 Å². The van der Waals surface area contributed by atoms with Crippen LogP contribution in [0.3, 0.4) is 0 Å². The lowest BCUT2D eigenvalue weighted by molar-refractivity contribution is 0.0537. The van der Waals surface area contributed by atoms with Crippen molar-refractivity contribution in [1.82, 2.24) is 19.4 Å². The fourth-order valence-electron chi connectivity index (χ4n) is 2.63. The zero-order chi connectivity index (χ0) is 17.1. The van der Waals surface area contributed by atoms with Crippen LogP contribution in [0.1, 0.15) is 32.6 Å². The van der Waals surface area contributed by atoms with E-state index in [1.165, 1.54) is 0 Å². The molecule has 0 radical (unpaired) electrons. The van der Waals surface area contributed by atoms with Gasteiger partial charge >= 0.3 is 0 Å². The lowest BCUT2D eigenvalue weighted by Crippen LogP contribution is -2.50. The summed E-state index contributed by atoms with van der Waals surface area (Å²) in [6.45, 7) is 4.01. The van der Waals surface area contributed by atoms with Gasteiger partial charge in [0.1, 0.15) is 4.88 Å². The average Bonchev–Trinajstić information content (AvgIpc) is 3.10. The van der Waals surface area contributed by atoms with Gasteiger partial charge in [-0.25, -0.2) is 0 Å². The Morgan fingerprint density at radius 3 is 2.25 bits per heavy atom. The van der Waals surface area contributed by atoms with E-state index in [1.54, 1.807) is 34.1 Å². The Hall–Kier alpha value is -1.99. The molecule has 0 spiro atoms. The van der Waals surface area contributed by atoms with Crippen LogP contribution >= 0.6 is 23.1 Å². The molecule has 1 aliphatic rings. The van der Waals surface area contributed by atoms with Gasteiger partial charge in [0.25, 0.3) is 11.8 Å². The van der Waals surface area contributed by atoms with Crippen molar-refractivity contribution >= 4 is 34.9 Å². The number of aromatic nitrogens is 2. The van der Waals surface area contributed by atoms with Crippen LogP contribution < -0.4 is 0 Å². The number of nitrogens with zero attached hydrogens (tertiary/aromatic N) is 4. The molecular weight excluding hydrogens is 348 g/mol. The van der Waals surface area contributed by atoms with E-state index < -0.39 is 0 Å². The highest BCUT2D eigenvalue weighted by molar-refractivity contribution is 7.08. The van der Waals surface area contributed by atoms with E-state index in [4.69, 9.17) is 11.6 Å². The van der Waals surface area contributed by atoms with E-state index >= 15 is 0 Å². The number of hydrogen-bond acceptors (Lipinski definition) is 5. The molecule has 6 nitrogen and oxygen atoms in total. The fraction of sp³-hybridized carbons (Fsp3) is 0.375. The van der Waals surface area contributed by atoms with Gasteiger partial charge in [0.2, 0.25) is 0 Å². The number of carbonyl (C=O) groups is 2. The zero-order valence-electron chi connectivity index (χ0n) is 13.2. The number of benzene rings is 1. The van der Waals surface area contributed by atoms with Crippen LogP contribution in [0.25, 0.3) is 0 Å². The van der Waals surface area contributed by atoms with Gasteiger partial charge in [-0.2, -0.15) is 0 Å². The van der Waals surface area contributed by atoms with Gasteiger partial charge in [0.05, 0.1) is 5.69 Å². The Bertz CT molecular complexity index is 739. The second kappa shape index (κ2) is 7.27. The van der Waals surface area contributed by atoms with Gasteiger partial charge in [-0.15, -0.1) is 5.10 Å². The van der Waals surface area contributed by atoms with Gasteiger partial charge < -0.3 is 9.80 Å². The zero-order valence-corrected chi connectivity index (χ0v) is 14.8. The summed E-state index contributed by atoms with van der Waals surface area (Å²) in [5, 5.41) is 4.59. The van der Waals surface area contributed by atoms with E-state index in [-0.39, 0.29) is 11.8 Å². The Morgan fingerprint density at radius 2 is 1.67 bits per heavy atom. The minimum Gasteiger partial charge on any atom is -0.335 e. The number of halogens is 1. The SMILES string of the molecule is CCc1nnsc1C(=O)N1CCN(C(=O)c2ccc(Cl)cc2)CC1. The van der Waals surface area contributed by atoms with E-state index in [9.17, 15) is 9.59 Å². The molecular formula is C16H17ClN4O2S. The smallest absolute Gasteiger partial charge is 0.267 e. The molecule has 126 valence electrons. The van der Waals surface area contributed by atoms with Crippen molar-refractivity contribution in [1.29, 1.82) is 0 Å². The first kappa shape index (κ1) is 16.9. The van der Waals surface area contributed by atoms with Crippen molar-refractivity contribution in [2.24, 2.45) is 0 Å². The number of hydrogen-bond donors (Lipinski definition) is 0. The Balaban J connectivity index is 1.62. The summed E-state index contributed by atoms with van der Waals surface area (Å²) in [4.78, 5) is 29.2. The molecule has 0 bridgehead atoms. The molecule has 0 unspecified atom stereocenters. The summed E-state index contributed by atoms with van der Waals surface area (Å²) in [6.07, 6.45) is 0.687. The molecule has 1 aliphatic heterocycles. The van der Waals surface area contributed by atoms with Gasteiger partial charge in [-0.05, 0) is 42.2 Å².